The molecule has 2 fully saturated rings. The van der Waals surface area contributed by atoms with Crippen LogP contribution in [0.15, 0.2) is 18.2 Å². The molecule has 0 spiro atoms. The van der Waals surface area contributed by atoms with Crippen molar-refractivity contribution in [3.05, 3.63) is 45.8 Å². The molecule has 30 heavy (non-hydrogen) atoms. The molecule has 3 rings (SSSR count). The van der Waals surface area contributed by atoms with Crippen LogP contribution in [-0.4, -0.2) is 41.0 Å². The van der Waals surface area contributed by atoms with Gasteiger partial charge < -0.3 is 9.74 Å². The Hall–Kier alpha value is -2.19. The molecule has 1 amide bonds. The lowest BCUT2D eigenvalue weighted by Gasteiger charge is -2.28. The minimum atomic E-state index is -0.446. The van der Waals surface area contributed by atoms with Gasteiger partial charge in [0.1, 0.15) is 0 Å². The number of Topliss-reactive ketones (excluding diaryl/α,β-unsaturated/α-hetero) is 2. The highest BCUT2D eigenvalue weighted by Crippen LogP contribution is 2.41. The quantitative estimate of drug-likeness (QED) is 0.415. The van der Waals surface area contributed by atoms with E-state index in [1.54, 1.807) is 17.0 Å². The van der Waals surface area contributed by atoms with E-state index in [0.29, 0.717) is 30.0 Å². The number of carbonyl (C=O) groups is 3. The number of likely N-dealkylation sites (tertiary alicyclic amines) is 1. The van der Waals surface area contributed by atoms with Gasteiger partial charge in [-0.2, -0.15) is 0 Å². The molecule has 3 atom stereocenters. The standard InChI is InChI=1S/C24H29ClN2O3/c1-4-18(26-3)13-23(29)21-6-5-11-27(21)24(30)19(16-9-10-16)14-22(28)17-8-7-15(2)20(25)12-17/h7-8,12,16,18-19,21H,4-6,9-11,13-14H2,1-2H3. The van der Waals surface area contributed by atoms with Crippen LogP contribution in [0.5, 0.6) is 0 Å². The highest BCUT2D eigenvalue weighted by Gasteiger charge is 2.44. The van der Waals surface area contributed by atoms with Crippen molar-refractivity contribution < 1.29 is 14.4 Å². The Morgan fingerprint density at radius 2 is 1.97 bits per heavy atom. The summed E-state index contributed by atoms with van der Waals surface area (Å²) >= 11 is 6.17. The highest BCUT2D eigenvalue weighted by atomic mass is 35.5. The summed E-state index contributed by atoms with van der Waals surface area (Å²) in [4.78, 5) is 44.3. The molecule has 3 unspecified atom stereocenters. The Balaban J connectivity index is 1.71. The molecule has 0 aromatic heterocycles. The number of benzene rings is 1. The number of amides is 1. The second-order valence-corrected chi connectivity index (χ2v) is 8.99. The first-order valence-corrected chi connectivity index (χ1v) is 11.2. The van der Waals surface area contributed by atoms with Crippen molar-refractivity contribution in [1.82, 2.24) is 4.90 Å². The SMILES string of the molecule is [C-]#[N+]C(CC)CC(=O)C1CCCN1C(=O)C(CC(=O)c1ccc(C)c(Cl)c1)C1CC1. The fourth-order valence-electron chi connectivity index (χ4n) is 4.27. The van der Waals surface area contributed by atoms with E-state index in [4.69, 9.17) is 18.2 Å². The molecule has 2 aliphatic rings. The van der Waals surface area contributed by atoms with E-state index in [2.05, 4.69) is 4.85 Å². The first-order valence-electron chi connectivity index (χ1n) is 10.8. The third-order valence-electron chi connectivity index (χ3n) is 6.41. The molecule has 1 aliphatic carbocycles. The Bertz CT molecular complexity index is 872. The van der Waals surface area contributed by atoms with Gasteiger partial charge in [-0.3, -0.25) is 14.4 Å². The second-order valence-electron chi connectivity index (χ2n) is 8.59. The molecule has 1 saturated carbocycles. The fraction of sp³-hybridized carbons (Fsp3) is 0.583. The minimum absolute atomic E-state index is 0.0186. The summed E-state index contributed by atoms with van der Waals surface area (Å²) in [7, 11) is 0. The summed E-state index contributed by atoms with van der Waals surface area (Å²) in [6.45, 7) is 11.6. The number of hydrogen-bond acceptors (Lipinski definition) is 3. The van der Waals surface area contributed by atoms with Gasteiger partial charge in [0, 0.05) is 35.9 Å². The first-order chi connectivity index (χ1) is 14.3. The summed E-state index contributed by atoms with van der Waals surface area (Å²) in [6, 6.07) is 4.49. The van der Waals surface area contributed by atoms with Crippen LogP contribution in [0.1, 0.15) is 67.8 Å². The van der Waals surface area contributed by atoms with Gasteiger partial charge in [-0.05, 0) is 50.2 Å². The summed E-state index contributed by atoms with van der Waals surface area (Å²) in [6.07, 6.45) is 4.31. The van der Waals surface area contributed by atoms with Crippen LogP contribution >= 0.6 is 11.6 Å². The zero-order valence-electron chi connectivity index (χ0n) is 17.7. The molecule has 1 aliphatic heterocycles. The number of aryl methyl sites for hydroxylation is 1. The van der Waals surface area contributed by atoms with Gasteiger partial charge in [0.2, 0.25) is 11.9 Å². The molecule has 0 bridgehead atoms. The van der Waals surface area contributed by atoms with E-state index in [1.165, 1.54) is 0 Å². The number of rotatable bonds is 9. The molecule has 1 aromatic rings. The van der Waals surface area contributed by atoms with E-state index < -0.39 is 6.04 Å². The zero-order chi connectivity index (χ0) is 21.8. The van der Waals surface area contributed by atoms with Gasteiger partial charge in [0.25, 0.3) is 0 Å². The number of ketones is 2. The van der Waals surface area contributed by atoms with E-state index >= 15 is 0 Å². The molecule has 1 saturated heterocycles. The van der Waals surface area contributed by atoms with Gasteiger partial charge in [-0.25, -0.2) is 6.57 Å². The monoisotopic (exact) mass is 428 g/mol. The normalized spacial score (nSPS) is 20.5. The van der Waals surface area contributed by atoms with Crippen LogP contribution in [-0.2, 0) is 9.59 Å². The van der Waals surface area contributed by atoms with Gasteiger partial charge >= 0.3 is 0 Å². The van der Waals surface area contributed by atoms with Gasteiger partial charge in [-0.1, -0.05) is 30.7 Å². The lowest BCUT2D eigenvalue weighted by molar-refractivity contribution is -0.141. The van der Waals surface area contributed by atoms with Crippen molar-refractivity contribution in [2.24, 2.45) is 11.8 Å². The van der Waals surface area contributed by atoms with Crippen LogP contribution in [0, 0.1) is 25.3 Å². The van der Waals surface area contributed by atoms with E-state index in [1.807, 2.05) is 19.9 Å². The van der Waals surface area contributed by atoms with Crippen LogP contribution in [0.2, 0.25) is 5.02 Å². The van der Waals surface area contributed by atoms with Crippen molar-refractivity contribution in [2.75, 3.05) is 6.54 Å². The van der Waals surface area contributed by atoms with Crippen molar-refractivity contribution in [3.63, 3.8) is 0 Å². The van der Waals surface area contributed by atoms with Crippen LogP contribution < -0.4 is 0 Å². The number of nitrogens with zero attached hydrogens (tertiary/aromatic N) is 2. The Morgan fingerprint density at radius 3 is 2.57 bits per heavy atom. The fourth-order valence-corrected chi connectivity index (χ4v) is 4.45. The minimum Gasteiger partial charge on any atom is -0.332 e. The molecule has 0 N–H and O–H groups in total. The van der Waals surface area contributed by atoms with E-state index in [9.17, 15) is 14.4 Å². The third kappa shape index (κ3) is 5.10. The largest absolute Gasteiger partial charge is 0.332 e. The summed E-state index contributed by atoms with van der Waals surface area (Å²) in [5.41, 5.74) is 1.44. The number of hydrogen-bond donors (Lipinski definition) is 0. The van der Waals surface area contributed by atoms with E-state index in [0.717, 1.165) is 24.8 Å². The predicted octanol–water partition coefficient (Wildman–Crippen LogP) is 4.90. The lowest BCUT2D eigenvalue weighted by atomic mass is 9.91. The second kappa shape index (κ2) is 9.75. The summed E-state index contributed by atoms with van der Waals surface area (Å²) in [5.74, 6) is -0.340. The predicted molar refractivity (Wildman–Crippen MR) is 116 cm³/mol. The van der Waals surface area contributed by atoms with Crippen LogP contribution in [0.3, 0.4) is 0 Å². The van der Waals surface area contributed by atoms with Crippen LogP contribution in [0.25, 0.3) is 4.85 Å². The van der Waals surface area contributed by atoms with E-state index in [-0.39, 0.29) is 48.2 Å². The molecular formula is C24H29ClN2O3. The number of carbonyl (C=O) groups excluding carboxylic acids is 3. The average molecular weight is 429 g/mol. The molecule has 5 nitrogen and oxygen atoms in total. The molecule has 0 radical (unpaired) electrons. The zero-order valence-corrected chi connectivity index (χ0v) is 18.5. The summed E-state index contributed by atoms with van der Waals surface area (Å²) in [5, 5.41) is 0.547. The molecule has 160 valence electrons. The third-order valence-corrected chi connectivity index (χ3v) is 6.81. The van der Waals surface area contributed by atoms with Crippen LogP contribution in [0.4, 0.5) is 0 Å². The van der Waals surface area contributed by atoms with Crippen molar-refractivity contribution in [2.45, 2.75) is 70.9 Å². The first kappa shape index (κ1) is 22.5. The Kier molecular flexibility index (Phi) is 7.31. The van der Waals surface area contributed by atoms with Gasteiger partial charge in [-0.15, -0.1) is 0 Å². The smallest absolute Gasteiger partial charge is 0.230 e. The van der Waals surface area contributed by atoms with Crippen molar-refractivity contribution in [3.8, 4) is 0 Å². The maximum absolute atomic E-state index is 13.4. The average Bonchev–Trinajstić information content (AvgIpc) is 3.46. The van der Waals surface area contributed by atoms with Gasteiger partial charge in [0.05, 0.1) is 12.5 Å². The van der Waals surface area contributed by atoms with Gasteiger partial charge in [0.15, 0.2) is 11.6 Å². The van der Waals surface area contributed by atoms with Crippen molar-refractivity contribution >= 4 is 29.1 Å². The molecular weight excluding hydrogens is 400 g/mol. The lowest BCUT2D eigenvalue weighted by Crippen LogP contribution is -2.45. The maximum Gasteiger partial charge on any atom is 0.230 e. The Labute approximate surface area is 183 Å². The topological polar surface area (TPSA) is 58.8 Å². The van der Waals surface area contributed by atoms with Crippen molar-refractivity contribution in [1.29, 1.82) is 0 Å². The molecule has 6 heteroatoms. The highest BCUT2D eigenvalue weighted by molar-refractivity contribution is 6.31. The molecule has 1 aromatic carbocycles. The maximum atomic E-state index is 13.4. The molecule has 1 heterocycles. The summed E-state index contributed by atoms with van der Waals surface area (Å²) < 4.78 is 0. The Morgan fingerprint density at radius 1 is 1.23 bits per heavy atom. The number of halogens is 1.